The van der Waals surface area contributed by atoms with Crippen molar-refractivity contribution in [2.75, 3.05) is 62.1 Å². The molecule has 6 rings (SSSR count). The molecule has 1 unspecified atom stereocenters. The number of anilines is 2. The average molecular weight is 633 g/mol. The van der Waals surface area contributed by atoms with Crippen molar-refractivity contribution in [2.24, 2.45) is 0 Å². The minimum Gasteiger partial charge on any atom is -0.461 e. The van der Waals surface area contributed by atoms with E-state index in [1.54, 1.807) is 31.2 Å². The van der Waals surface area contributed by atoms with Gasteiger partial charge in [-0.25, -0.2) is 19.0 Å². The molecule has 0 saturated carbocycles. The van der Waals surface area contributed by atoms with Gasteiger partial charge < -0.3 is 24.6 Å². The maximum absolute atomic E-state index is 13.9. The lowest BCUT2D eigenvalue weighted by atomic mass is 10.0. The fraction of sp³-hybridized carbons (Fsp3) is 0.382. The van der Waals surface area contributed by atoms with E-state index >= 15 is 0 Å². The van der Waals surface area contributed by atoms with E-state index in [0.717, 1.165) is 57.2 Å². The Morgan fingerprint density at radius 2 is 1.76 bits per heavy atom. The number of carbonyl (C=O) groups excluding carboxylic acids is 2. The Hall–Kier alpha value is -4.55. The molecule has 1 atom stereocenters. The van der Waals surface area contributed by atoms with E-state index in [-0.39, 0.29) is 24.9 Å². The lowest BCUT2D eigenvalue weighted by Gasteiger charge is -2.34. The normalized spacial score (nSPS) is 17.2. The van der Waals surface area contributed by atoms with Crippen LogP contribution in [0.15, 0.2) is 54.6 Å². The van der Waals surface area contributed by atoms with Crippen molar-refractivity contribution >= 4 is 34.2 Å². The van der Waals surface area contributed by atoms with Crippen molar-refractivity contribution in [1.29, 1.82) is 0 Å². The van der Waals surface area contributed by atoms with Crippen LogP contribution >= 0.6 is 0 Å². The molecule has 1 aromatic heterocycles. The molecule has 0 radical (unpaired) electrons. The number of benzene rings is 3. The van der Waals surface area contributed by atoms with E-state index in [0.29, 0.717) is 39.9 Å². The number of ether oxygens (including phenoxy) is 2. The number of carbonyl (C=O) groups is 2. The van der Waals surface area contributed by atoms with E-state index in [4.69, 9.17) is 9.47 Å². The Bertz CT molecular complexity index is 1710. The van der Waals surface area contributed by atoms with Crippen LogP contribution < -0.4 is 15.6 Å². The molecule has 2 saturated heterocycles. The van der Waals surface area contributed by atoms with Crippen LogP contribution in [0, 0.1) is 11.6 Å². The highest BCUT2D eigenvalue weighted by Crippen LogP contribution is 2.28. The number of nitrogens with zero attached hydrogens (tertiary/aromatic N) is 4. The number of rotatable bonds is 9. The van der Waals surface area contributed by atoms with E-state index in [1.807, 2.05) is 12.1 Å². The van der Waals surface area contributed by atoms with Crippen LogP contribution in [0.4, 0.5) is 20.2 Å². The fourth-order valence-corrected chi connectivity index (χ4v) is 5.95. The largest absolute Gasteiger partial charge is 0.461 e. The summed E-state index contributed by atoms with van der Waals surface area (Å²) in [5.74, 6) is -2.41. The van der Waals surface area contributed by atoms with Gasteiger partial charge >= 0.3 is 5.97 Å². The summed E-state index contributed by atoms with van der Waals surface area (Å²) in [7, 11) is 2.11. The molecule has 2 aliphatic rings. The quantitative estimate of drug-likeness (QED) is 0.244. The third-order valence-electron chi connectivity index (χ3n) is 8.36. The minimum absolute atomic E-state index is 0.0174. The molecule has 10 nitrogen and oxygen atoms in total. The van der Waals surface area contributed by atoms with Crippen molar-refractivity contribution in [1.82, 2.24) is 14.8 Å². The third-order valence-corrected chi connectivity index (χ3v) is 8.36. The molecule has 0 aliphatic carbocycles. The summed E-state index contributed by atoms with van der Waals surface area (Å²) in [5.41, 5.74) is 6.53. The second-order valence-electron chi connectivity index (χ2n) is 11.7. The number of esters is 1. The Balaban J connectivity index is 1.31. The summed E-state index contributed by atoms with van der Waals surface area (Å²) in [6, 6.07) is 14.3. The number of aromatic nitrogens is 2. The van der Waals surface area contributed by atoms with Gasteiger partial charge in [0.25, 0.3) is 5.91 Å². The highest BCUT2D eigenvalue weighted by molar-refractivity contribution is 6.07. The SMILES string of the molecule is CCOC(=O)c1nn(NC(=O)c2ccc(N3CCN(C)CC3)cc2NC2CCCCO2)c2ccc(Cc3cc(F)cc(F)c3)cc12. The molecular formula is C34H38F2N6O4. The van der Waals surface area contributed by atoms with Crippen LogP contribution in [0.25, 0.3) is 10.9 Å². The molecule has 1 amide bonds. The molecule has 3 heterocycles. The highest BCUT2D eigenvalue weighted by atomic mass is 19.1. The van der Waals surface area contributed by atoms with E-state index < -0.39 is 23.5 Å². The second-order valence-corrected chi connectivity index (χ2v) is 11.7. The summed E-state index contributed by atoms with van der Waals surface area (Å²) >= 11 is 0. The first-order valence-electron chi connectivity index (χ1n) is 15.7. The Morgan fingerprint density at radius 1 is 0.978 bits per heavy atom. The topological polar surface area (TPSA) is 101 Å². The van der Waals surface area contributed by atoms with Gasteiger partial charge in [-0.3, -0.25) is 4.79 Å². The van der Waals surface area contributed by atoms with Gasteiger partial charge in [0, 0.05) is 49.9 Å². The van der Waals surface area contributed by atoms with Crippen molar-refractivity contribution in [3.8, 4) is 0 Å². The first-order valence-corrected chi connectivity index (χ1v) is 15.7. The third kappa shape index (κ3) is 7.13. The molecule has 2 aliphatic heterocycles. The molecule has 4 aromatic rings. The van der Waals surface area contributed by atoms with Gasteiger partial charge in [0.05, 0.1) is 23.4 Å². The number of likely N-dealkylation sites (N-methyl/N-ethyl adjacent to an activating group) is 1. The lowest BCUT2D eigenvalue weighted by Crippen LogP contribution is -2.44. The van der Waals surface area contributed by atoms with E-state index in [2.05, 4.69) is 32.7 Å². The Kier molecular flexibility index (Phi) is 9.46. The van der Waals surface area contributed by atoms with Crippen molar-refractivity contribution < 1.29 is 27.8 Å². The zero-order valence-corrected chi connectivity index (χ0v) is 26.0. The van der Waals surface area contributed by atoms with E-state index in [1.165, 1.54) is 16.9 Å². The monoisotopic (exact) mass is 632 g/mol. The van der Waals surface area contributed by atoms with Crippen LogP contribution in [0.1, 0.15) is 58.2 Å². The summed E-state index contributed by atoms with van der Waals surface area (Å²) in [5, 5.41) is 8.31. The maximum Gasteiger partial charge on any atom is 0.359 e. The van der Waals surface area contributed by atoms with Crippen LogP contribution in [0.5, 0.6) is 0 Å². The first-order chi connectivity index (χ1) is 22.3. The zero-order chi connectivity index (χ0) is 32.2. The molecular weight excluding hydrogens is 594 g/mol. The predicted octanol–water partition coefficient (Wildman–Crippen LogP) is 5.16. The lowest BCUT2D eigenvalue weighted by molar-refractivity contribution is 0.0343. The number of halogens is 2. The second kappa shape index (κ2) is 13.8. The van der Waals surface area contributed by atoms with Gasteiger partial charge in [0.2, 0.25) is 0 Å². The molecule has 2 N–H and O–H groups in total. The Morgan fingerprint density at radius 3 is 2.48 bits per heavy atom. The minimum atomic E-state index is -0.667. The van der Waals surface area contributed by atoms with Crippen LogP contribution in [-0.4, -0.2) is 79.3 Å². The van der Waals surface area contributed by atoms with Crippen molar-refractivity contribution in [3.05, 3.63) is 88.6 Å². The van der Waals surface area contributed by atoms with Crippen LogP contribution in [0.3, 0.4) is 0 Å². The number of hydrogen-bond donors (Lipinski definition) is 2. The zero-order valence-electron chi connectivity index (χ0n) is 26.0. The number of fused-ring (bicyclic) bond motifs is 1. The summed E-state index contributed by atoms with van der Waals surface area (Å²) in [4.78, 5) is 32.7. The molecule has 2 fully saturated rings. The van der Waals surface area contributed by atoms with Crippen molar-refractivity contribution in [3.63, 3.8) is 0 Å². The van der Waals surface area contributed by atoms with Gasteiger partial charge in [-0.05, 0) is 93.2 Å². The molecule has 3 aromatic carbocycles. The van der Waals surface area contributed by atoms with Crippen LogP contribution in [0.2, 0.25) is 0 Å². The van der Waals surface area contributed by atoms with Crippen LogP contribution in [-0.2, 0) is 15.9 Å². The number of hydrogen-bond acceptors (Lipinski definition) is 8. The first kappa shape index (κ1) is 31.4. The Labute approximate surface area is 266 Å². The molecule has 46 heavy (non-hydrogen) atoms. The smallest absolute Gasteiger partial charge is 0.359 e. The maximum atomic E-state index is 13.9. The van der Waals surface area contributed by atoms with Crippen molar-refractivity contribution in [2.45, 2.75) is 38.8 Å². The molecule has 0 spiro atoms. The highest BCUT2D eigenvalue weighted by Gasteiger charge is 2.24. The average Bonchev–Trinajstić information content (AvgIpc) is 3.39. The number of piperazine rings is 1. The summed E-state index contributed by atoms with van der Waals surface area (Å²) in [6.07, 6.45) is 2.88. The summed E-state index contributed by atoms with van der Waals surface area (Å²) < 4.78 is 38.8. The fourth-order valence-electron chi connectivity index (χ4n) is 5.95. The predicted molar refractivity (Wildman–Crippen MR) is 172 cm³/mol. The van der Waals surface area contributed by atoms with Gasteiger partial charge in [-0.15, -0.1) is 5.10 Å². The van der Waals surface area contributed by atoms with Gasteiger partial charge in [0.15, 0.2) is 5.69 Å². The molecule has 12 heteroatoms. The number of amides is 1. The van der Waals surface area contributed by atoms with Gasteiger partial charge in [0.1, 0.15) is 17.9 Å². The van der Waals surface area contributed by atoms with Gasteiger partial charge in [-0.1, -0.05) is 6.07 Å². The molecule has 0 bridgehead atoms. The molecule has 242 valence electrons. The number of nitrogens with one attached hydrogen (secondary N) is 2. The van der Waals surface area contributed by atoms with Gasteiger partial charge in [-0.2, -0.15) is 4.79 Å². The summed E-state index contributed by atoms with van der Waals surface area (Å²) in [6.45, 7) is 6.16. The standard InChI is InChI=1S/C34H38F2N6O4/c1-3-45-34(44)32-28-19-22(16-23-17-24(35)20-25(36)18-23)7-10-30(28)42(38-32)39-33(43)27-9-8-26(41-13-11-40(2)12-14-41)21-29(27)37-31-6-4-5-15-46-31/h7-10,17-21,31,37H,3-6,11-16H2,1-2H3,(H,39,43). The van der Waals surface area contributed by atoms with E-state index in [9.17, 15) is 18.4 Å².